The molecule has 0 aromatic heterocycles. The molecule has 0 aliphatic heterocycles. The Bertz CT molecular complexity index is 454. The molecule has 0 spiro atoms. The topological polar surface area (TPSA) is 60.2 Å². The van der Waals surface area contributed by atoms with Crippen molar-refractivity contribution in [3.63, 3.8) is 0 Å². The van der Waals surface area contributed by atoms with Crippen LogP contribution in [0, 0.1) is 11.8 Å². The molecule has 0 unspecified atom stereocenters. The third kappa shape index (κ3) is 4.63. The molecule has 0 amide bonds. The number of hydrogen-bond donors (Lipinski definition) is 1. The van der Waals surface area contributed by atoms with Crippen LogP contribution in [0.2, 0.25) is 0 Å². The van der Waals surface area contributed by atoms with Gasteiger partial charge in [-0.1, -0.05) is 30.0 Å². The van der Waals surface area contributed by atoms with Crippen molar-refractivity contribution in [2.24, 2.45) is 5.73 Å². The van der Waals surface area contributed by atoms with Gasteiger partial charge in [-0.3, -0.25) is 0 Å². The van der Waals surface area contributed by atoms with E-state index in [0.717, 1.165) is 5.56 Å². The molecular formula is C11H13NO2S. The number of benzene rings is 1. The Morgan fingerprint density at radius 1 is 1.20 bits per heavy atom. The first-order valence-electron chi connectivity index (χ1n) is 4.58. The van der Waals surface area contributed by atoms with Crippen LogP contribution in [0.15, 0.2) is 30.3 Å². The summed E-state index contributed by atoms with van der Waals surface area (Å²) in [6.45, 7) is 0.148. The summed E-state index contributed by atoms with van der Waals surface area (Å²) in [5.41, 5.74) is 5.99. The summed E-state index contributed by atoms with van der Waals surface area (Å²) in [6, 6.07) is 9.28. The van der Waals surface area contributed by atoms with Crippen LogP contribution in [0.4, 0.5) is 0 Å². The van der Waals surface area contributed by atoms with E-state index in [4.69, 9.17) is 5.73 Å². The van der Waals surface area contributed by atoms with Crippen LogP contribution in [-0.4, -0.2) is 26.5 Å². The molecule has 0 saturated heterocycles. The van der Waals surface area contributed by atoms with Gasteiger partial charge in [0.15, 0.2) is 9.84 Å². The zero-order valence-electron chi connectivity index (χ0n) is 8.31. The maximum absolute atomic E-state index is 11.2. The van der Waals surface area contributed by atoms with Gasteiger partial charge in [0.05, 0.1) is 5.75 Å². The number of nitrogens with two attached hydrogens (primary N) is 1. The van der Waals surface area contributed by atoms with Gasteiger partial charge in [-0.15, -0.1) is 0 Å². The molecule has 0 atom stereocenters. The highest BCUT2D eigenvalue weighted by Gasteiger charge is 2.05. The van der Waals surface area contributed by atoms with Gasteiger partial charge in [-0.2, -0.15) is 0 Å². The second kappa shape index (κ2) is 5.54. The molecule has 1 rings (SSSR count). The molecule has 0 aliphatic rings. The van der Waals surface area contributed by atoms with Gasteiger partial charge in [-0.05, 0) is 12.1 Å². The van der Waals surface area contributed by atoms with Gasteiger partial charge in [0.25, 0.3) is 0 Å². The number of rotatable bonds is 3. The summed E-state index contributed by atoms with van der Waals surface area (Å²) >= 11 is 0. The molecule has 0 bridgehead atoms. The first-order valence-corrected chi connectivity index (χ1v) is 6.40. The SMILES string of the molecule is NCCS(=O)(=O)CC#Cc1ccccc1. The highest BCUT2D eigenvalue weighted by Crippen LogP contribution is 1.95. The molecule has 1 aromatic carbocycles. The van der Waals surface area contributed by atoms with Crippen molar-refractivity contribution in [1.82, 2.24) is 0 Å². The van der Waals surface area contributed by atoms with Crippen LogP contribution in [-0.2, 0) is 9.84 Å². The lowest BCUT2D eigenvalue weighted by Crippen LogP contribution is -2.17. The molecule has 80 valence electrons. The summed E-state index contributed by atoms with van der Waals surface area (Å²) in [4.78, 5) is 0. The lowest BCUT2D eigenvalue weighted by molar-refractivity contribution is 0.599. The molecular weight excluding hydrogens is 210 g/mol. The van der Waals surface area contributed by atoms with Crippen molar-refractivity contribution in [2.45, 2.75) is 0 Å². The van der Waals surface area contributed by atoms with E-state index in [1.807, 2.05) is 30.3 Å². The fourth-order valence-corrected chi connectivity index (χ4v) is 1.82. The van der Waals surface area contributed by atoms with Gasteiger partial charge in [0.1, 0.15) is 5.75 Å². The van der Waals surface area contributed by atoms with Crippen LogP contribution in [0.5, 0.6) is 0 Å². The first kappa shape index (κ1) is 11.8. The molecule has 15 heavy (non-hydrogen) atoms. The standard InChI is InChI=1S/C11H13NO2S/c12-8-10-15(13,14)9-4-7-11-5-2-1-3-6-11/h1-3,5-6H,8-10,12H2. The third-order valence-corrected chi connectivity index (χ3v) is 3.17. The van der Waals surface area contributed by atoms with Crippen molar-refractivity contribution < 1.29 is 8.42 Å². The predicted octanol–water partition coefficient (Wildman–Crippen LogP) is 0.412. The van der Waals surface area contributed by atoms with Gasteiger partial charge in [-0.25, -0.2) is 8.42 Å². The lowest BCUT2D eigenvalue weighted by atomic mass is 10.2. The van der Waals surface area contributed by atoms with E-state index < -0.39 is 9.84 Å². The predicted molar refractivity (Wildman–Crippen MR) is 61.0 cm³/mol. The van der Waals surface area contributed by atoms with E-state index in [2.05, 4.69) is 11.8 Å². The Morgan fingerprint density at radius 3 is 2.47 bits per heavy atom. The fourth-order valence-electron chi connectivity index (χ4n) is 1.02. The lowest BCUT2D eigenvalue weighted by Gasteiger charge is -1.94. The largest absolute Gasteiger partial charge is 0.329 e. The average Bonchev–Trinajstić information content (AvgIpc) is 2.19. The molecule has 0 saturated carbocycles. The molecule has 3 nitrogen and oxygen atoms in total. The Hall–Kier alpha value is -1.31. The second-order valence-electron chi connectivity index (χ2n) is 3.05. The third-order valence-electron chi connectivity index (χ3n) is 1.73. The van der Waals surface area contributed by atoms with Gasteiger partial charge < -0.3 is 5.73 Å². The summed E-state index contributed by atoms with van der Waals surface area (Å²) in [6.07, 6.45) is 0. The molecule has 0 aliphatic carbocycles. The van der Waals surface area contributed by atoms with E-state index in [-0.39, 0.29) is 18.1 Å². The smallest absolute Gasteiger partial charge is 0.162 e. The normalized spacial score (nSPS) is 10.5. The van der Waals surface area contributed by atoms with Crippen molar-refractivity contribution >= 4 is 9.84 Å². The Morgan fingerprint density at radius 2 is 1.87 bits per heavy atom. The molecule has 0 heterocycles. The second-order valence-corrected chi connectivity index (χ2v) is 5.23. The molecule has 0 fully saturated rings. The zero-order valence-corrected chi connectivity index (χ0v) is 9.13. The first-order chi connectivity index (χ1) is 7.14. The van der Waals surface area contributed by atoms with E-state index in [9.17, 15) is 8.42 Å². The summed E-state index contributed by atoms with van der Waals surface area (Å²) < 4.78 is 22.5. The minimum absolute atomic E-state index is 0.00350. The Kier molecular flexibility index (Phi) is 4.35. The zero-order chi connectivity index (χ0) is 11.1. The van der Waals surface area contributed by atoms with Crippen molar-refractivity contribution in [1.29, 1.82) is 0 Å². The van der Waals surface area contributed by atoms with Crippen LogP contribution in [0.25, 0.3) is 0 Å². The van der Waals surface area contributed by atoms with Crippen LogP contribution >= 0.6 is 0 Å². The fraction of sp³-hybridized carbons (Fsp3) is 0.273. The quantitative estimate of drug-likeness (QED) is 0.755. The minimum Gasteiger partial charge on any atom is -0.329 e. The van der Waals surface area contributed by atoms with E-state index in [0.29, 0.717) is 0 Å². The average molecular weight is 223 g/mol. The number of hydrogen-bond acceptors (Lipinski definition) is 3. The minimum atomic E-state index is -3.10. The van der Waals surface area contributed by atoms with E-state index in [1.165, 1.54) is 0 Å². The number of sulfone groups is 1. The van der Waals surface area contributed by atoms with Crippen molar-refractivity contribution in [3.05, 3.63) is 35.9 Å². The van der Waals surface area contributed by atoms with Gasteiger partial charge in [0.2, 0.25) is 0 Å². The molecule has 0 radical (unpaired) electrons. The van der Waals surface area contributed by atoms with Crippen LogP contribution < -0.4 is 5.73 Å². The van der Waals surface area contributed by atoms with Crippen LogP contribution in [0.3, 0.4) is 0 Å². The summed E-state index contributed by atoms with van der Waals surface area (Å²) in [7, 11) is -3.10. The van der Waals surface area contributed by atoms with Gasteiger partial charge >= 0.3 is 0 Å². The van der Waals surface area contributed by atoms with Crippen molar-refractivity contribution in [2.75, 3.05) is 18.1 Å². The monoisotopic (exact) mass is 223 g/mol. The van der Waals surface area contributed by atoms with E-state index in [1.54, 1.807) is 0 Å². The van der Waals surface area contributed by atoms with Crippen LogP contribution in [0.1, 0.15) is 5.56 Å². The maximum atomic E-state index is 11.2. The molecule has 2 N–H and O–H groups in total. The molecule has 1 aromatic rings. The maximum Gasteiger partial charge on any atom is 0.162 e. The summed E-state index contributed by atoms with van der Waals surface area (Å²) in [5, 5.41) is 0. The molecule has 4 heteroatoms. The van der Waals surface area contributed by atoms with Crippen molar-refractivity contribution in [3.8, 4) is 11.8 Å². The highest BCUT2D eigenvalue weighted by molar-refractivity contribution is 7.91. The Labute approximate surface area is 90.2 Å². The van der Waals surface area contributed by atoms with E-state index >= 15 is 0 Å². The Balaban J connectivity index is 2.62. The highest BCUT2D eigenvalue weighted by atomic mass is 32.2. The van der Waals surface area contributed by atoms with Gasteiger partial charge in [0, 0.05) is 12.1 Å². The summed E-state index contributed by atoms with van der Waals surface area (Å²) in [5.74, 6) is 5.29.